The first kappa shape index (κ1) is 34.4. The van der Waals surface area contributed by atoms with Crippen molar-refractivity contribution >= 4 is 33.9 Å². The first-order valence-electron chi connectivity index (χ1n) is 15.8. The highest BCUT2D eigenvalue weighted by Gasteiger charge is 2.41. The Bertz CT molecular complexity index is 1560. The summed E-state index contributed by atoms with van der Waals surface area (Å²) in [7, 11) is 3.29. The molecule has 1 amide bonds. The Morgan fingerprint density at radius 1 is 1.02 bits per heavy atom. The van der Waals surface area contributed by atoms with Crippen LogP contribution in [0.4, 0.5) is 4.39 Å². The molecular weight excluding hydrogens is 669 g/mol. The second-order valence-corrected chi connectivity index (χ2v) is 12.7. The van der Waals surface area contributed by atoms with Crippen molar-refractivity contribution in [3.63, 3.8) is 0 Å². The Labute approximate surface area is 283 Å². The molecule has 2 heterocycles. The van der Waals surface area contributed by atoms with E-state index in [-0.39, 0.29) is 36.3 Å². The van der Waals surface area contributed by atoms with Crippen LogP contribution < -0.4 is 24.8 Å². The smallest absolute Gasteiger partial charge is 0.290 e. The molecule has 1 saturated carbocycles. The van der Waals surface area contributed by atoms with Crippen LogP contribution >= 0.6 is 15.9 Å². The molecule has 0 spiro atoms. The lowest BCUT2D eigenvalue weighted by Crippen LogP contribution is -2.59. The molecule has 2 unspecified atom stereocenters. The van der Waals surface area contributed by atoms with E-state index in [1.807, 2.05) is 23.1 Å². The number of amides is 1. The maximum atomic E-state index is 14.5. The zero-order valence-electron chi connectivity index (χ0n) is 26.6. The summed E-state index contributed by atoms with van der Waals surface area (Å²) in [5.74, 6) is 1.74. The molecule has 3 aliphatic rings. The number of aryl methyl sites for hydroxylation is 1. The molecule has 1 saturated heterocycles. The number of carbonyl (C=O) groups excluding carboxylic acids is 1. The summed E-state index contributed by atoms with van der Waals surface area (Å²) in [6, 6.07) is 19.4. The first-order chi connectivity index (χ1) is 22.8. The van der Waals surface area contributed by atoms with Crippen LogP contribution in [0.1, 0.15) is 42.4 Å². The van der Waals surface area contributed by atoms with Gasteiger partial charge in [-0.2, -0.15) is 0 Å². The van der Waals surface area contributed by atoms with Crippen molar-refractivity contribution in [2.24, 2.45) is 0 Å². The molecular formula is C36H41BrFN3O6. The molecule has 2 bridgehead atoms. The second-order valence-electron chi connectivity index (χ2n) is 11.9. The van der Waals surface area contributed by atoms with Gasteiger partial charge in [0.25, 0.3) is 12.4 Å². The number of carbonyl (C=O) groups is 2. The van der Waals surface area contributed by atoms with E-state index in [2.05, 4.69) is 50.8 Å². The number of hydrogen-bond donors (Lipinski definition) is 3. The second kappa shape index (κ2) is 16.3. The van der Waals surface area contributed by atoms with Gasteiger partial charge in [0.2, 0.25) is 0 Å². The average molecular weight is 711 g/mol. The Kier molecular flexibility index (Phi) is 11.9. The SMILES string of the molecule is COc1cc(CN(C(=O)C2=C(c3ccc(CCCOc4cc(F)ccc4Br)cc3)CC3CNCC2N3)C2CC2)cc(OC)c1.O=CO. The third-order valence-corrected chi connectivity index (χ3v) is 9.26. The Morgan fingerprint density at radius 3 is 2.38 bits per heavy atom. The molecule has 3 aromatic rings. The van der Waals surface area contributed by atoms with Crippen LogP contribution in [0.3, 0.4) is 0 Å². The van der Waals surface area contributed by atoms with Crippen molar-refractivity contribution in [2.45, 2.75) is 56.8 Å². The normalized spacial score (nSPS) is 18.5. The van der Waals surface area contributed by atoms with E-state index in [1.165, 1.54) is 17.7 Å². The number of halogens is 2. The summed E-state index contributed by atoms with van der Waals surface area (Å²) in [4.78, 5) is 24.9. The van der Waals surface area contributed by atoms with E-state index in [9.17, 15) is 9.18 Å². The van der Waals surface area contributed by atoms with Gasteiger partial charge in [0.05, 0.1) is 31.3 Å². The van der Waals surface area contributed by atoms with Crippen molar-refractivity contribution in [1.29, 1.82) is 0 Å². The maximum Gasteiger partial charge on any atom is 0.290 e. The number of fused-ring (bicyclic) bond motifs is 2. The first-order valence-corrected chi connectivity index (χ1v) is 16.6. The highest BCUT2D eigenvalue weighted by Crippen LogP contribution is 2.37. The molecule has 0 radical (unpaired) electrons. The number of nitrogens with zero attached hydrogens (tertiary/aromatic N) is 1. The van der Waals surface area contributed by atoms with Gasteiger partial charge in [-0.25, -0.2) is 4.39 Å². The third-order valence-electron chi connectivity index (χ3n) is 8.61. The third kappa shape index (κ3) is 8.91. The van der Waals surface area contributed by atoms with Gasteiger partial charge in [-0.1, -0.05) is 24.3 Å². The number of hydrogen-bond acceptors (Lipinski definition) is 7. The van der Waals surface area contributed by atoms with E-state index in [1.54, 1.807) is 20.3 Å². The topological polar surface area (TPSA) is 109 Å². The molecule has 3 N–H and O–H groups in total. The van der Waals surface area contributed by atoms with Gasteiger partial charge in [-0.05, 0) is 94.6 Å². The zero-order chi connectivity index (χ0) is 33.3. The van der Waals surface area contributed by atoms with E-state index >= 15 is 0 Å². The zero-order valence-corrected chi connectivity index (χ0v) is 28.2. The molecule has 2 atom stereocenters. The number of methoxy groups -OCH3 is 2. The van der Waals surface area contributed by atoms with Crippen LogP contribution in [0.15, 0.2) is 70.7 Å². The minimum atomic E-state index is -0.315. The standard InChI is InChI=1S/C35H39BrFN3O4.CH2O2/c1-42-28-14-23(15-29(18-28)43-2)21-40(27-10-11-27)35(41)34-30(17-26-19-38-20-32(34)39-26)24-7-5-22(6-8-24)4-3-13-44-33-16-25(37)9-12-31(33)36;2-1-3/h5-9,12,14-16,18,26-27,32,38-39H,3-4,10-11,13,17,19-21H2,1-2H3;1H,(H,2,3). The Balaban J connectivity index is 0.00000139. The van der Waals surface area contributed by atoms with Crippen molar-refractivity contribution in [3.05, 3.63) is 93.2 Å². The van der Waals surface area contributed by atoms with Crippen LogP contribution in [-0.2, 0) is 22.6 Å². The number of rotatable bonds is 12. The van der Waals surface area contributed by atoms with Crippen LogP contribution in [0.5, 0.6) is 17.2 Å². The van der Waals surface area contributed by atoms with Crippen LogP contribution in [-0.4, -0.2) is 74.4 Å². The molecule has 11 heteroatoms. The Morgan fingerprint density at radius 2 is 1.72 bits per heavy atom. The minimum Gasteiger partial charge on any atom is -0.497 e. The molecule has 1 aliphatic carbocycles. The van der Waals surface area contributed by atoms with Crippen molar-refractivity contribution in [1.82, 2.24) is 15.5 Å². The van der Waals surface area contributed by atoms with E-state index in [0.29, 0.717) is 18.9 Å². The van der Waals surface area contributed by atoms with E-state index in [4.69, 9.17) is 24.1 Å². The number of benzene rings is 3. The number of piperazine rings is 1. The van der Waals surface area contributed by atoms with E-state index < -0.39 is 0 Å². The fourth-order valence-electron chi connectivity index (χ4n) is 6.22. The number of carboxylic acid groups (broad SMARTS) is 1. The van der Waals surface area contributed by atoms with Crippen molar-refractivity contribution in [2.75, 3.05) is 33.9 Å². The Hall–Kier alpha value is -3.93. The van der Waals surface area contributed by atoms with Crippen LogP contribution in [0.25, 0.3) is 5.57 Å². The number of ether oxygens (including phenoxy) is 3. The van der Waals surface area contributed by atoms with Gasteiger partial charge in [0, 0.05) is 49.4 Å². The molecule has 2 aliphatic heterocycles. The fourth-order valence-corrected chi connectivity index (χ4v) is 6.58. The minimum absolute atomic E-state index is 0.0370. The predicted octanol–water partition coefficient (Wildman–Crippen LogP) is 5.60. The summed E-state index contributed by atoms with van der Waals surface area (Å²) in [5.41, 5.74) is 5.31. The van der Waals surface area contributed by atoms with Gasteiger partial charge in [0.1, 0.15) is 23.1 Å². The average Bonchev–Trinajstić information content (AvgIpc) is 3.93. The monoisotopic (exact) mass is 709 g/mol. The fraction of sp³-hybridized carbons (Fsp3) is 0.389. The molecule has 6 rings (SSSR count). The van der Waals surface area contributed by atoms with Crippen molar-refractivity contribution in [3.8, 4) is 17.2 Å². The van der Waals surface area contributed by atoms with Crippen molar-refractivity contribution < 1.29 is 33.3 Å². The van der Waals surface area contributed by atoms with Gasteiger partial charge in [0.15, 0.2) is 0 Å². The lowest BCUT2D eigenvalue weighted by atomic mass is 9.83. The molecule has 3 aromatic carbocycles. The summed E-state index contributed by atoms with van der Waals surface area (Å²) < 4.78 is 31.1. The van der Waals surface area contributed by atoms with E-state index in [0.717, 1.165) is 83.4 Å². The number of nitrogens with one attached hydrogen (secondary N) is 2. The maximum absolute atomic E-state index is 14.5. The molecule has 2 fully saturated rings. The summed E-state index contributed by atoms with van der Waals surface area (Å²) in [6.07, 6.45) is 4.48. The van der Waals surface area contributed by atoms with Gasteiger partial charge >= 0.3 is 0 Å². The van der Waals surface area contributed by atoms with Gasteiger partial charge in [-0.3, -0.25) is 9.59 Å². The lowest BCUT2D eigenvalue weighted by molar-refractivity contribution is -0.128. The van der Waals surface area contributed by atoms with Crippen LogP contribution in [0.2, 0.25) is 0 Å². The predicted molar refractivity (Wildman–Crippen MR) is 181 cm³/mol. The summed E-state index contributed by atoms with van der Waals surface area (Å²) >= 11 is 3.41. The highest BCUT2D eigenvalue weighted by molar-refractivity contribution is 9.10. The summed E-state index contributed by atoms with van der Waals surface area (Å²) in [5, 5.41) is 14.1. The quantitative estimate of drug-likeness (QED) is 0.165. The van der Waals surface area contributed by atoms with Crippen LogP contribution in [0, 0.1) is 5.82 Å². The summed E-state index contributed by atoms with van der Waals surface area (Å²) in [6.45, 7) is 2.36. The molecule has 0 aromatic heterocycles. The highest BCUT2D eigenvalue weighted by atomic mass is 79.9. The van der Waals surface area contributed by atoms with Gasteiger partial charge in [-0.15, -0.1) is 0 Å². The molecule has 47 heavy (non-hydrogen) atoms. The molecule has 250 valence electrons. The largest absolute Gasteiger partial charge is 0.497 e. The molecule has 9 nitrogen and oxygen atoms in total. The van der Waals surface area contributed by atoms with Gasteiger partial charge < -0.3 is 34.9 Å². The lowest BCUT2D eigenvalue weighted by Gasteiger charge is -2.41.